The van der Waals surface area contributed by atoms with Crippen molar-refractivity contribution >= 4 is 22.7 Å². The van der Waals surface area contributed by atoms with Crippen LogP contribution in [0.3, 0.4) is 0 Å². The van der Waals surface area contributed by atoms with Gasteiger partial charge in [0.1, 0.15) is 0 Å². The smallest absolute Gasteiger partial charge is 0.0622 e. The summed E-state index contributed by atoms with van der Waals surface area (Å²) >= 11 is 0. The highest BCUT2D eigenvalue weighted by molar-refractivity contribution is 5.81. The first-order valence-electron chi connectivity index (χ1n) is 5.98. The van der Waals surface area contributed by atoms with Gasteiger partial charge in [0.15, 0.2) is 0 Å². The van der Waals surface area contributed by atoms with Crippen LogP contribution in [0.15, 0.2) is 42.5 Å². The van der Waals surface area contributed by atoms with Crippen molar-refractivity contribution in [3.05, 3.63) is 48.0 Å². The van der Waals surface area contributed by atoms with Crippen LogP contribution in [0.2, 0.25) is 0 Å². The number of anilines is 4. The molecule has 0 saturated carbocycles. The molecule has 2 aromatic carbocycles. The van der Waals surface area contributed by atoms with Crippen LogP contribution in [0.1, 0.15) is 5.56 Å². The molecule has 18 heavy (non-hydrogen) atoms. The molecule has 0 aliphatic carbocycles. The zero-order valence-electron chi connectivity index (χ0n) is 11.1. The first kappa shape index (κ1) is 12.3. The number of hydrogen-bond acceptors (Lipinski definition) is 3. The lowest BCUT2D eigenvalue weighted by Crippen LogP contribution is -2.11. The number of nitrogens with one attached hydrogen (secondary N) is 1. The number of nitrogens with two attached hydrogens (primary N) is 1. The van der Waals surface area contributed by atoms with Gasteiger partial charge in [-0.15, -0.1) is 0 Å². The van der Waals surface area contributed by atoms with Gasteiger partial charge < -0.3 is 16.0 Å². The minimum absolute atomic E-state index is 0.797. The van der Waals surface area contributed by atoms with Crippen molar-refractivity contribution < 1.29 is 0 Å². The molecule has 94 valence electrons. The average Bonchev–Trinajstić information content (AvgIpc) is 2.35. The van der Waals surface area contributed by atoms with Gasteiger partial charge in [0.2, 0.25) is 0 Å². The Labute approximate surface area is 108 Å². The van der Waals surface area contributed by atoms with Crippen molar-refractivity contribution in [1.29, 1.82) is 0 Å². The Hall–Kier alpha value is -2.16. The van der Waals surface area contributed by atoms with Crippen molar-refractivity contribution in [2.75, 3.05) is 30.0 Å². The Morgan fingerprint density at radius 2 is 1.61 bits per heavy atom. The first-order valence-corrected chi connectivity index (χ1v) is 5.98. The molecule has 0 aliphatic heterocycles. The molecule has 0 radical (unpaired) electrons. The molecule has 3 nitrogen and oxygen atoms in total. The van der Waals surface area contributed by atoms with Crippen LogP contribution >= 0.6 is 0 Å². The van der Waals surface area contributed by atoms with Crippen molar-refractivity contribution in [2.24, 2.45) is 0 Å². The maximum atomic E-state index is 6.08. The summed E-state index contributed by atoms with van der Waals surface area (Å²) in [6, 6.07) is 14.2. The van der Waals surface area contributed by atoms with Crippen LogP contribution in [0.5, 0.6) is 0 Å². The molecular weight excluding hydrogens is 222 g/mol. The minimum Gasteiger partial charge on any atom is -0.397 e. The normalized spacial score (nSPS) is 10.2. The summed E-state index contributed by atoms with van der Waals surface area (Å²) in [5.74, 6) is 0. The third-order valence-corrected chi connectivity index (χ3v) is 2.98. The van der Waals surface area contributed by atoms with E-state index in [0.717, 1.165) is 28.3 Å². The number of hydrogen-bond donors (Lipinski definition) is 2. The molecule has 0 amide bonds. The molecule has 0 bridgehead atoms. The Morgan fingerprint density at radius 1 is 0.944 bits per heavy atom. The molecule has 3 N–H and O–H groups in total. The highest BCUT2D eigenvalue weighted by Gasteiger charge is 2.06. The lowest BCUT2D eigenvalue weighted by molar-refractivity contribution is 1.13. The molecule has 0 aliphatic rings. The second-order valence-corrected chi connectivity index (χ2v) is 4.57. The topological polar surface area (TPSA) is 41.3 Å². The van der Waals surface area contributed by atoms with Gasteiger partial charge in [0, 0.05) is 14.1 Å². The van der Waals surface area contributed by atoms with Crippen LogP contribution in [0.25, 0.3) is 0 Å². The molecule has 0 aromatic heterocycles. The lowest BCUT2D eigenvalue weighted by atomic mass is 10.1. The van der Waals surface area contributed by atoms with Crippen molar-refractivity contribution in [3.63, 3.8) is 0 Å². The predicted molar refractivity (Wildman–Crippen MR) is 79.6 cm³/mol. The van der Waals surface area contributed by atoms with Gasteiger partial charge in [0.25, 0.3) is 0 Å². The molecule has 2 aromatic rings. The monoisotopic (exact) mass is 241 g/mol. The summed E-state index contributed by atoms with van der Waals surface area (Å²) in [6.07, 6.45) is 0. The minimum atomic E-state index is 0.797. The van der Waals surface area contributed by atoms with E-state index in [1.54, 1.807) is 0 Å². The fourth-order valence-electron chi connectivity index (χ4n) is 1.90. The highest BCUT2D eigenvalue weighted by Crippen LogP contribution is 2.30. The maximum absolute atomic E-state index is 6.08. The third kappa shape index (κ3) is 2.40. The van der Waals surface area contributed by atoms with Gasteiger partial charge in [-0.05, 0) is 30.7 Å². The molecule has 2 rings (SSSR count). The summed E-state index contributed by atoms with van der Waals surface area (Å²) < 4.78 is 0. The highest BCUT2D eigenvalue weighted by atomic mass is 15.1. The molecular formula is C15H19N3. The second-order valence-electron chi connectivity index (χ2n) is 4.57. The standard InChI is InChI=1S/C15H19N3/c1-11-7-6-9-13(15(11)16)17-12-8-4-5-10-14(12)18(2)3/h4-10,17H,16H2,1-3H3. The van der Waals surface area contributed by atoms with Gasteiger partial charge in [-0.1, -0.05) is 24.3 Å². The van der Waals surface area contributed by atoms with Gasteiger partial charge in [-0.25, -0.2) is 0 Å². The van der Waals surface area contributed by atoms with Crippen molar-refractivity contribution in [1.82, 2.24) is 0 Å². The molecule has 0 spiro atoms. The van der Waals surface area contributed by atoms with E-state index in [9.17, 15) is 0 Å². The molecule has 0 fully saturated rings. The molecule has 0 heterocycles. The molecule has 0 saturated heterocycles. The molecule has 0 atom stereocenters. The SMILES string of the molecule is Cc1cccc(Nc2ccccc2N(C)C)c1N. The zero-order chi connectivity index (χ0) is 13.1. The van der Waals surface area contributed by atoms with E-state index in [4.69, 9.17) is 5.73 Å². The maximum Gasteiger partial charge on any atom is 0.0622 e. The summed E-state index contributed by atoms with van der Waals surface area (Å²) in [5, 5.41) is 3.40. The van der Waals surface area contributed by atoms with E-state index < -0.39 is 0 Å². The van der Waals surface area contributed by atoms with Gasteiger partial charge >= 0.3 is 0 Å². The fourth-order valence-corrected chi connectivity index (χ4v) is 1.90. The van der Waals surface area contributed by atoms with Crippen LogP contribution in [0, 0.1) is 6.92 Å². The molecule has 0 unspecified atom stereocenters. The second kappa shape index (κ2) is 5.00. The summed E-state index contributed by atoms with van der Waals surface area (Å²) in [5.41, 5.74) is 11.1. The Kier molecular flexibility index (Phi) is 3.42. The summed E-state index contributed by atoms with van der Waals surface area (Å²) in [7, 11) is 4.06. The Bertz CT molecular complexity index is 547. The van der Waals surface area contributed by atoms with E-state index in [-0.39, 0.29) is 0 Å². The number of rotatable bonds is 3. The average molecular weight is 241 g/mol. The first-order chi connectivity index (χ1) is 8.59. The van der Waals surface area contributed by atoms with Crippen molar-refractivity contribution in [3.8, 4) is 0 Å². The Morgan fingerprint density at radius 3 is 2.33 bits per heavy atom. The largest absolute Gasteiger partial charge is 0.397 e. The van der Waals surface area contributed by atoms with Gasteiger partial charge in [-0.3, -0.25) is 0 Å². The van der Waals surface area contributed by atoms with Crippen molar-refractivity contribution in [2.45, 2.75) is 6.92 Å². The predicted octanol–water partition coefficient (Wildman–Crippen LogP) is 3.39. The summed E-state index contributed by atoms with van der Waals surface area (Å²) in [4.78, 5) is 2.08. The lowest BCUT2D eigenvalue weighted by Gasteiger charge is -2.19. The molecule has 3 heteroatoms. The number of para-hydroxylation sites is 3. The number of nitrogens with zero attached hydrogens (tertiary/aromatic N) is 1. The van der Waals surface area contributed by atoms with E-state index in [1.165, 1.54) is 0 Å². The van der Waals surface area contributed by atoms with Gasteiger partial charge in [-0.2, -0.15) is 0 Å². The number of nitrogen functional groups attached to an aromatic ring is 1. The fraction of sp³-hybridized carbons (Fsp3) is 0.200. The third-order valence-electron chi connectivity index (χ3n) is 2.98. The van der Waals surface area contributed by atoms with Crippen LogP contribution in [-0.4, -0.2) is 14.1 Å². The quantitative estimate of drug-likeness (QED) is 0.809. The van der Waals surface area contributed by atoms with E-state index in [0.29, 0.717) is 0 Å². The Balaban J connectivity index is 2.37. The number of aryl methyl sites for hydroxylation is 1. The van der Waals surface area contributed by atoms with Gasteiger partial charge in [0.05, 0.1) is 22.7 Å². The van der Waals surface area contributed by atoms with Crippen LogP contribution < -0.4 is 16.0 Å². The zero-order valence-corrected chi connectivity index (χ0v) is 11.1. The van der Waals surface area contributed by atoms with E-state index in [1.807, 2.05) is 51.4 Å². The summed E-state index contributed by atoms with van der Waals surface area (Å²) in [6.45, 7) is 2.01. The van der Waals surface area contributed by atoms with E-state index in [2.05, 4.69) is 22.3 Å². The van der Waals surface area contributed by atoms with E-state index >= 15 is 0 Å². The number of benzene rings is 2. The van der Waals surface area contributed by atoms with Crippen LogP contribution in [0.4, 0.5) is 22.7 Å². The van der Waals surface area contributed by atoms with Crippen LogP contribution in [-0.2, 0) is 0 Å².